The summed E-state index contributed by atoms with van der Waals surface area (Å²) in [5, 5.41) is 6.25. The molecule has 0 saturated heterocycles. The van der Waals surface area contributed by atoms with E-state index >= 15 is 0 Å². The molecule has 0 amide bonds. The molecule has 102 valence electrons. The summed E-state index contributed by atoms with van der Waals surface area (Å²) in [6.07, 6.45) is 0. The first-order valence-corrected chi connectivity index (χ1v) is 7.20. The van der Waals surface area contributed by atoms with E-state index in [0.29, 0.717) is 5.82 Å². The molecule has 2 aromatic rings. The fraction of sp³-hybridized carbons (Fsp3) is 0.500. The van der Waals surface area contributed by atoms with Gasteiger partial charge < -0.3 is 5.32 Å². The zero-order chi connectivity index (χ0) is 14.2. The molecule has 0 spiro atoms. The lowest BCUT2D eigenvalue weighted by molar-refractivity contribution is 0.586. The molecule has 0 saturated carbocycles. The van der Waals surface area contributed by atoms with E-state index in [1.54, 1.807) is 11.3 Å². The molecule has 2 rings (SSSR count). The maximum Gasteiger partial charge on any atom is 0.181 e. The first kappa shape index (κ1) is 13.9. The molecular formula is C14H20N4S. The molecule has 1 N–H and O–H groups in total. The van der Waals surface area contributed by atoms with E-state index in [-0.39, 0.29) is 5.41 Å². The minimum atomic E-state index is 0.0640. The minimum absolute atomic E-state index is 0.0640. The van der Waals surface area contributed by atoms with Gasteiger partial charge in [0.15, 0.2) is 5.82 Å². The molecule has 0 aliphatic carbocycles. The third-order valence-electron chi connectivity index (χ3n) is 3.00. The van der Waals surface area contributed by atoms with Crippen LogP contribution in [0, 0.1) is 13.8 Å². The predicted molar refractivity (Wildman–Crippen MR) is 80.9 cm³/mol. The van der Waals surface area contributed by atoms with Crippen molar-refractivity contribution in [2.24, 2.45) is 0 Å². The minimum Gasteiger partial charge on any atom is -0.373 e. The van der Waals surface area contributed by atoms with Crippen LogP contribution >= 0.6 is 11.3 Å². The lowest BCUT2D eigenvalue weighted by Crippen LogP contribution is -2.10. The molecular weight excluding hydrogens is 256 g/mol. The Kier molecular flexibility index (Phi) is 3.58. The van der Waals surface area contributed by atoms with Crippen LogP contribution in [0.15, 0.2) is 5.38 Å². The van der Waals surface area contributed by atoms with E-state index in [2.05, 4.69) is 41.0 Å². The van der Waals surface area contributed by atoms with E-state index < -0.39 is 0 Å². The second-order valence-electron chi connectivity index (χ2n) is 5.64. The number of nitrogens with zero attached hydrogens (tertiary/aromatic N) is 3. The van der Waals surface area contributed by atoms with Gasteiger partial charge in [-0.2, -0.15) is 0 Å². The summed E-state index contributed by atoms with van der Waals surface area (Å²) < 4.78 is 0. The van der Waals surface area contributed by atoms with Gasteiger partial charge in [-0.1, -0.05) is 20.8 Å². The SMILES string of the molecule is CNc1nc(-c2csc(C(C)(C)C)n2)nc(C)c1C. The van der Waals surface area contributed by atoms with Gasteiger partial charge in [0.05, 0.1) is 5.01 Å². The van der Waals surface area contributed by atoms with E-state index in [4.69, 9.17) is 0 Å². The molecule has 0 bridgehead atoms. The Morgan fingerprint density at radius 3 is 2.32 bits per heavy atom. The van der Waals surface area contributed by atoms with Gasteiger partial charge in [-0.15, -0.1) is 11.3 Å². The topological polar surface area (TPSA) is 50.7 Å². The van der Waals surface area contributed by atoms with E-state index in [9.17, 15) is 0 Å². The summed E-state index contributed by atoms with van der Waals surface area (Å²) in [6, 6.07) is 0. The molecule has 0 aliphatic heterocycles. The van der Waals surface area contributed by atoms with Gasteiger partial charge in [0, 0.05) is 29.1 Å². The van der Waals surface area contributed by atoms with Gasteiger partial charge in [0.2, 0.25) is 0 Å². The maximum atomic E-state index is 4.66. The highest BCUT2D eigenvalue weighted by molar-refractivity contribution is 7.10. The number of thiazole rings is 1. The van der Waals surface area contributed by atoms with Crippen molar-refractivity contribution in [2.45, 2.75) is 40.0 Å². The molecule has 4 nitrogen and oxygen atoms in total. The highest BCUT2D eigenvalue weighted by atomic mass is 32.1. The fourth-order valence-corrected chi connectivity index (χ4v) is 2.59. The first-order valence-electron chi connectivity index (χ1n) is 6.32. The molecule has 5 heteroatoms. The fourth-order valence-electron chi connectivity index (χ4n) is 1.71. The van der Waals surface area contributed by atoms with Crippen LogP contribution in [0.1, 0.15) is 37.0 Å². The molecule has 2 heterocycles. The van der Waals surface area contributed by atoms with Gasteiger partial charge in [-0.25, -0.2) is 15.0 Å². The van der Waals surface area contributed by atoms with E-state index in [1.165, 1.54) is 0 Å². The molecule has 0 aromatic carbocycles. The lowest BCUT2D eigenvalue weighted by Gasteiger charge is -2.13. The number of aromatic nitrogens is 3. The Morgan fingerprint density at radius 2 is 1.79 bits per heavy atom. The Morgan fingerprint density at radius 1 is 1.11 bits per heavy atom. The van der Waals surface area contributed by atoms with Crippen LogP contribution in [-0.2, 0) is 5.41 Å². The number of rotatable bonds is 2. The van der Waals surface area contributed by atoms with Gasteiger partial charge in [0.25, 0.3) is 0 Å². The Labute approximate surface area is 118 Å². The lowest BCUT2D eigenvalue weighted by atomic mass is 9.98. The number of anilines is 1. The summed E-state index contributed by atoms with van der Waals surface area (Å²) in [5.74, 6) is 1.56. The van der Waals surface area contributed by atoms with Crippen LogP contribution in [0.2, 0.25) is 0 Å². The van der Waals surface area contributed by atoms with Crippen molar-refractivity contribution in [1.29, 1.82) is 0 Å². The number of hydrogen-bond acceptors (Lipinski definition) is 5. The van der Waals surface area contributed by atoms with E-state index in [1.807, 2.05) is 26.3 Å². The van der Waals surface area contributed by atoms with Gasteiger partial charge in [-0.3, -0.25) is 0 Å². The average Bonchev–Trinajstić information content (AvgIpc) is 2.81. The molecule has 2 aromatic heterocycles. The Bertz CT molecular complexity index is 596. The number of nitrogens with one attached hydrogen (secondary N) is 1. The molecule has 19 heavy (non-hydrogen) atoms. The molecule has 0 atom stereocenters. The highest BCUT2D eigenvalue weighted by Crippen LogP contribution is 2.29. The first-order chi connectivity index (χ1) is 8.82. The third-order valence-corrected chi connectivity index (χ3v) is 4.27. The van der Waals surface area contributed by atoms with Crippen molar-refractivity contribution in [3.05, 3.63) is 21.6 Å². The van der Waals surface area contributed by atoms with Crippen LogP contribution < -0.4 is 5.32 Å². The predicted octanol–water partition coefficient (Wildman–Crippen LogP) is 3.56. The van der Waals surface area contributed by atoms with Crippen molar-refractivity contribution >= 4 is 17.2 Å². The maximum absolute atomic E-state index is 4.66. The average molecular weight is 276 g/mol. The van der Waals surface area contributed by atoms with Crippen LogP contribution in [0.4, 0.5) is 5.82 Å². The van der Waals surface area contributed by atoms with Crippen LogP contribution in [0.3, 0.4) is 0 Å². The summed E-state index contributed by atoms with van der Waals surface area (Å²) in [7, 11) is 1.88. The third kappa shape index (κ3) is 2.76. The standard InChI is InChI=1S/C14H20N4S/c1-8-9(2)16-12(18-11(8)15-6)10-7-19-13(17-10)14(3,4)5/h7H,1-6H3,(H,15,16,18). The quantitative estimate of drug-likeness (QED) is 0.911. The zero-order valence-electron chi connectivity index (χ0n) is 12.3. The number of hydrogen-bond donors (Lipinski definition) is 1. The smallest absolute Gasteiger partial charge is 0.181 e. The largest absolute Gasteiger partial charge is 0.373 e. The van der Waals surface area contributed by atoms with E-state index in [0.717, 1.165) is 27.8 Å². The summed E-state index contributed by atoms with van der Waals surface area (Å²) in [6.45, 7) is 10.5. The second kappa shape index (κ2) is 4.89. The normalized spacial score (nSPS) is 11.7. The van der Waals surface area contributed by atoms with Crippen LogP contribution in [-0.4, -0.2) is 22.0 Å². The Hall–Kier alpha value is -1.49. The Balaban J connectivity index is 2.48. The molecule has 0 fully saturated rings. The molecule has 0 aliphatic rings. The van der Waals surface area contributed by atoms with Crippen molar-refractivity contribution in [1.82, 2.24) is 15.0 Å². The van der Waals surface area contributed by atoms with Gasteiger partial charge in [-0.05, 0) is 13.8 Å². The number of aryl methyl sites for hydroxylation is 1. The van der Waals surface area contributed by atoms with Gasteiger partial charge in [0.1, 0.15) is 11.5 Å². The van der Waals surface area contributed by atoms with Gasteiger partial charge >= 0.3 is 0 Å². The summed E-state index contributed by atoms with van der Waals surface area (Å²) in [4.78, 5) is 13.7. The van der Waals surface area contributed by atoms with Crippen LogP contribution in [0.25, 0.3) is 11.5 Å². The van der Waals surface area contributed by atoms with Crippen molar-refractivity contribution < 1.29 is 0 Å². The zero-order valence-corrected chi connectivity index (χ0v) is 13.1. The molecule has 0 unspecified atom stereocenters. The monoisotopic (exact) mass is 276 g/mol. The van der Waals surface area contributed by atoms with Crippen molar-refractivity contribution in [2.75, 3.05) is 12.4 Å². The highest BCUT2D eigenvalue weighted by Gasteiger charge is 2.19. The van der Waals surface area contributed by atoms with Crippen molar-refractivity contribution in [3.8, 4) is 11.5 Å². The summed E-state index contributed by atoms with van der Waals surface area (Å²) in [5.41, 5.74) is 2.99. The molecule has 0 radical (unpaired) electrons. The second-order valence-corrected chi connectivity index (χ2v) is 6.50. The van der Waals surface area contributed by atoms with Crippen LogP contribution in [0.5, 0.6) is 0 Å². The van der Waals surface area contributed by atoms with Crippen molar-refractivity contribution in [3.63, 3.8) is 0 Å². The summed E-state index contributed by atoms with van der Waals surface area (Å²) >= 11 is 1.66.